The second kappa shape index (κ2) is 5.97. The molecule has 19 heavy (non-hydrogen) atoms. The number of hydrogen-bond donors (Lipinski definition) is 1. The number of thiocarbonyl (C=S) groups is 1. The van der Waals surface area contributed by atoms with Crippen LogP contribution in [0.1, 0.15) is 19.4 Å². The fraction of sp³-hybridized carbons (Fsp3) is 0.385. The van der Waals surface area contributed by atoms with Gasteiger partial charge in [-0.3, -0.25) is 4.79 Å². The van der Waals surface area contributed by atoms with Crippen LogP contribution in [0.5, 0.6) is 5.75 Å². The van der Waals surface area contributed by atoms with Crippen molar-refractivity contribution in [3.05, 3.63) is 29.6 Å². The van der Waals surface area contributed by atoms with Crippen molar-refractivity contribution in [2.75, 3.05) is 13.7 Å². The molecule has 0 aliphatic heterocycles. The topological polar surface area (TPSA) is 61.5 Å². The van der Waals surface area contributed by atoms with Crippen LogP contribution in [0, 0.1) is 11.2 Å². The van der Waals surface area contributed by atoms with Crippen molar-refractivity contribution in [1.29, 1.82) is 0 Å². The summed E-state index contributed by atoms with van der Waals surface area (Å²) in [5, 5.41) is 0. The van der Waals surface area contributed by atoms with Crippen LogP contribution in [0.2, 0.25) is 0 Å². The molecule has 0 saturated heterocycles. The van der Waals surface area contributed by atoms with E-state index in [2.05, 4.69) is 4.74 Å². The molecule has 0 aliphatic rings. The first-order valence-corrected chi connectivity index (χ1v) is 5.99. The number of carbonyl (C=O) groups is 1. The summed E-state index contributed by atoms with van der Waals surface area (Å²) in [5.41, 5.74) is 4.96. The summed E-state index contributed by atoms with van der Waals surface area (Å²) in [4.78, 5) is 11.6. The van der Waals surface area contributed by atoms with Gasteiger partial charge in [0, 0.05) is 5.56 Å². The molecule has 0 heterocycles. The number of hydrogen-bond acceptors (Lipinski definition) is 4. The molecule has 4 nitrogen and oxygen atoms in total. The van der Waals surface area contributed by atoms with E-state index >= 15 is 0 Å². The summed E-state index contributed by atoms with van der Waals surface area (Å²) >= 11 is 4.75. The van der Waals surface area contributed by atoms with Crippen LogP contribution in [0.4, 0.5) is 4.39 Å². The highest BCUT2D eigenvalue weighted by molar-refractivity contribution is 7.80. The predicted molar refractivity (Wildman–Crippen MR) is 73.6 cm³/mol. The highest BCUT2D eigenvalue weighted by Gasteiger charge is 2.30. The van der Waals surface area contributed by atoms with Crippen molar-refractivity contribution >= 4 is 23.2 Å². The van der Waals surface area contributed by atoms with Gasteiger partial charge in [-0.1, -0.05) is 12.2 Å². The minimum absolute atomic E-state index is 0.00299. The summed E-state index contributed by atoms with van der Waals surface area (Å²) in [5.74, 6) is -0.962. The summed E-state index contributed by atoms with van der Waals surface area (Å²) in [6, 6.07) is 4.19. The second-order valence-electron chi connectivity index (χ2n) is 4.67. The Balaban J connectivity index is 2.79. The molecule has 0 aliphatic carbocycles. The van der Waals surface area contributed by atoms with Gasteiger partial charge in [0.15, 0.2) is 11.6 Å². The number of nitrogens with two attached hydrogens (primary N) is 1. The zero-order valence-electron chi connectivity index (χ0n) is 11.0. The van der Waals surface area contributed by atoms with Crippen LogP contribution in [0.25, 0.3) is 0 Å². The molecule has 2 N–H and O–H groups in total. The van der Waals surface area contributed by atoms with Gasteiger partial charge in [-0.25, -0.2) is 4.39 Å². The molecule has 0 unspecified atom stereocenters. The monoisotopic (exact) mass is 285 g/mol. The van der Waals surface area contributed by atoms with Gasteiger partial charge >= 0.3 is 5.97 Å². The van der Waals surface area contributed by atoms with Gasteiger partial charge in [-0.05, 0) is 32.0 Å². The molecule has 0 atom stereocenters. The molecular weight excluding hydrogens is 269 g/mol. The minimum Gasteiger partial charge on any atom is -0.489 e. The number of halogens is 1. The molecule has 0 spiro atoms. The average molecular weight is 285 g/mol. The van der Waals surface area contributed by atoms with Crippen molar-refractivity contribution in [3.63, 3.8) is 0 Å². The fourth-order valence-corrected chi connectivity index (χ4v) is 1.49. The second-order valence-corrected chi connectivity index (χ2v) is 5.11. The molecule has 0 aromatic heterocycles. The van der Waals surface area contributed by atoms with E-state index < -0.39 is 17.2 Å². The lowest BCUT2D eigenvalue weighted by Crippen LogP contribution is -2.32. The standard InChI is InChI=1S/C13H16FNO3S/c1-13(2,12(16)17-3)7-18-10-5-4-8(11(15)19)6-9(10)14/h4-6H,7H2,1-3H3,(H2,15,19). The van der Waals surface area contributed by atoms with E-state index in [0.29, 0.717) is 5.56 Å². The highest BCUT2D eigenvalue weighted by Crippen LogP contribution is 2.23. The zero-order chi connectivity index (χ0) is 14.6. The smallest absolute Gasteiger partial charge is 0.314 e. The highest BCUT2D eigenvalue weighted by atomic mass is 32.1. The first-order chi connectivity index (χ1) is 8.77. The number of methoxy groups -OCH3 is 1. The summed E-state index contributed by atoms with van der Waals surface area (Å²) < 4.78 is 23.6. The predicted octanol–water partition coefficient (Wildman–Crippen LogP) is 2.04. The quantitative estimate of drug-likeness (QED) is 0.662. The maximum Gasteiger partial charge on any atom is 0.314 e. The van der Waals surface area contributed by atoms with Crippen molar-refractivity contribution in [1.82, 2.24) is 0 Å². The van der Waals surface area contributed by atoms with Crippen LogP contribution < -0.4 is 10.5 Å². The van der Waals surface area contributed by atoms with E-state index in [9.17, 15) is 9.18 Å². The van der Waals surface area contributed by atoms with Crippen LogP contribution in [-0.4, -0.2) is 24.7 Å². The Bertz CT molecular complexity index is 503. The van der Waals surface area contributed by atoms with E-state index in [-0.39, 0.29) is 17.3 Å². The van der Waals surface area contributed by atoms with Crippen molar-refractivity contribution in [2.24, 2.45) is 11.1 Å². The average Bonchev–Trinajstić information content (AvgIpc) is 2.36. The van der Waals surface area contributed by atoms with Crippen molar-refractivity contribution < 1.29 is 18.7 Å². The van der Waals surface area contributed by atoms with Gasteiger partial charge in [0.05, 0.1) is 12.5 Å². The Hall–Kier alpha value is -1.69. The van der Waals surface area contributed by atoms with Gasteiger partial charge in [-0.15, -0.1) is 0 Å². The Morgan fingerprint density at radius 2 is 2.11 bits per heavy atom. The van der Waals surface area contributed by atoms with Crippen LogP contribution in [0.3, 0.4) is 0 Å². The number of rotatable bonds is 5. The van der Waals surface area contributed by atoms with Crippen LogP contribution >= 0.6 is 12.2 Å². The summed E-state index contributed by atoms with van der Waals surface area (Å²) in [6.07, 6.45) is 0. The summed E-state index contributed by atoms with van der Waals surface area (Å²) in [6.45, 7) is 3.31. The zero-order valence-corrected chi connectivity index (χ0v) is 11.8. The first kappa shape index (κ1) is 15.4. The molecular formula is C13H16FNO3S. The third-order valence-corrected chi connectivity index (χ3v) is 2.78. The molecule has 0 radical (unpaired) electrons. The van der Waals surface area contributed by atoms with E-state index in [1.165, 1.54) is 19.2 Å². The van der Waals surface area contributed by atoms with Gasteiger partial charge in [0.2, 0.25) is 0 Å². The van der Waals surface area contributed by atoms with Gasteiger partial charge in [0.25, 0.3) is 0 Å². The molecule has 0 saturated carbocycles. The minimum atomic E-state index is -0.858. The molecule has 0 amide bonds. The number of esters is 1. The first-order valence-electron chi connectivity index (χ1n) is 5.58. The third-order valence-electron chi connectivity index (χ3n) is 2.54. The van der Waals surface area contributed by atoms with E-state index in [0.717, 1.165) is 0 Å². The van der Waals surface area contributed by atoms with Gasteiger partial charge in [0.1, 0.15) is 11.6 Å². The lowest BCUT2D eigenvalue weighted by atomic mass is 9.95. The lowest BCUT2D eigenvalue weighted by molar-refractivity contribution is -0.152. The van der Waals surface area contributed by atoms with E-state index in [4.69, 9.17) is 22.7 Å². The Labute approximate surface area is 116 Å². The number of carbonyl (C=O) groups excluding carboxylic acids is 1. The van der Waals surface area contributed by atoms with Crippen molar-refractivity contribution in [2.45, 2.75) is 13.8 Å². The summed E-state index contributed by atoms with van der Waals surface area (Å²) in [7, 11) is 1.29. The molecule has 104 valence electrons. The van der Waals surface area contributed by atoms with E-state index in [1.54, 1.807) is 19.9 Å². The SMILES string of the molecule is COC(=O)C(C)(C)COc1ccc(C(N)=S)cc1F. The van der Waals surface area contributed by atoms with E-state index in [1.807, 2.05) is 0 Å². The largest absolute Gasteiger partial charge is 0.489 e. The van der Waals surface area contributed by atoms with Crippen molar-refractivity contribution in [3.8, 4) is 5.75 Å². The molecule has 0 bridgehead atoms. The van der Waals surface area contributed by atoms with Crippen LogP contribution in [-0.2, 0) is 9.53 Å². The van der Waals surface area contributed by atoms with Gasteiger partial charge < -0.3 is 15.2 Å². The molecule has 1 rings (SSSR count). The van der Waals surface area contributed by atoms with Crippen LogP contribution in [0.15, 0.2) is 18.2 Å². The number of benzene rings is 1. The fourth-order valence-electron chi connectivity index (χ4n) is 1.36. The molecule has 1 aromatic carbocycles. The Morgan fingerprint density at radius 3 is 2.58 bits per heavy atom. The normalized spacial score (nSPS) is 10.9. The van der Waals surface area contributed by atoms with Gasteiger partial charge in [-0.2, -0.15) is 0 Å². The maximum absolute atomic E-state index is 13.7. The lowest BCUT2D eigenvalue weighted by Gasteiger charge is -2.21. The third kappa shape index (κ3) is 3.89. The maximum atomic E-state index is 13.7. The number of ether oxygens (including phenoxy) is 2. The molecule has 0 fully saturated rings. The Morgan fingerprint density at radius 1 is 1.47 bits per heavy atom. The molecule has 1 aromatic rings. The Kier molecular flexibility index (Phi) is 4.83. The molecule has 6 heteroatoms.